The van der Waals surface area contributed by atoms with E-state index in [0.29, 0.717) is 29.2 Å². The Labute approximate surface area is 228 Å². The van der Waals surface area contributed by atoms with Gasteiger partial charge in [0, 0.05) is 42.0 Å². The van der Waals surface area contributed by atoms with Crippen LogP contribution in [0.4, 0.5) is 10.5 Å². The molecule has 2 N–H and O–H groups in total. The molecule has 0 spiro atoms. The monoisotopic (exact) mass is 550 g/mol. The minimum Gasteiger partial charge on any atom is -0.465 e. The lowest BCUT2D eigenvalue weighted by Crippen LogP contribution is -2.61. The molecular weight excluding hydrogens is 516 g/mol. The van der Waals surface area contributed by atoms with Crippen molar-refractivity contribution in [2.24, 2.45) is 5.92 Å². The number of sulfonamides is 1. The number of nitrogens with zero attached hydrogens (tertiary/aromatic N) is 3. The van der Waals surface area contributed by atoms with Gasteiger partial charge in [-0.15, -0.1) is 0 Å². The molecule has 2 fully saturated rings. The Morgan fingerprint density at radius 2 is 1.67 bits per heavy atom. The lowest BCUT2D eigenvalue weighted by atomic mass is 9.92. The lowest BCUT2D eigenvalue weighted by Gasteiger charge is -2.45. The third-order valence-electron chi connectivity index (χ3n) is 8.15. The van der Waals surface area contributed by atoms with E-state index in [2.05, 4.69) is 9.71 Å². The first kappa shape index (κ1) is 26.9. The number of rotatable bonds is 7. The van der Waals surface area contributed by atoms with Crippen LogP contribution in [0.5, 0.6) is 0 Å². The second-order valence-electron chi connectivity index (χ2n) is 10.5. The van der Waals surface area contributed by atoms with Gasteiger partial charge in [0.25, 0.3) is 15.9 Å². The van der Waals surface area contributed by atoms with Gasteiger partial charge in [-0.05, 0) is 62.1 Å². The Morgan fingerprint density at radius 1 is 0.974 bits per heavy atom. The van der Waals surface area contributed by atoms with Gasteiger partial charge in [-0.3, -0.25) is 14.5 Å². The molecule has 2 heterocycles. The normalized spacial score (nSPS) is 20.3. The summed E-state index contributed by atoms with van der Waals surface area (Å²) in [6, 6.07) is 14.4. The number of benzene rings is 2. The predicted molar refractivity (Wildman–Crippen MR) is 149 cm³/mol. The second kappa shape index (κ2) is 11.2. The van der Waals surface area contributed by atoms with Gasteiger partial charge in [0.15, 0.2) is 0 Å². The van der Waals surface area contributed by atoms with Crippen molar-refractivity contribution in [3.8, 4) is 0 Å². The molecule has 1 unspecified atom stereocenters. The van der Waals surface area contributed by atoms with Crippen LogP contribution in [0.25, 0.3) is 10.9 Å². The maximum absolute atomic E-state index is 13.5. The fourth-order valence-corrected chi connectivity index (χ4v) is 7.27. The molecule has 1 aromatic heterocycles. The van der Waals surface area contributed by atoms with E-state index in [1.54, 1.807) is 59.6 Å². The van der Waals surface area contributed by atoms with Gasteiger partial charge >= 0.3 is 6.09 Å². The number of aromatic nitrogens is 1. The van der Waals surface area contributed by atoms with Gasteiger partial charge in [0.1, 0.15) is 4.90 Å². The van der Waals surface area contributed by atoms with Crippen LogP contribution in [0.2, 0.25) is 0 Å². The second-order valence-corrected chi connectivity index (χ2v) is 12.2. The number of nitrogens with one attached hydrogen (secondary N) is 1. The zero-order chi connectivity index (χ0) is 27.6. The van der Waals surface area contributed by atoms with E-state index < -0.39 is 16.1 Å². The summed E-state index contributed by atoms with van der Waals surface area (Å²) < 4.78 is 28.8. The van der Waals surface area contributed by atoms with Crippen molar-refractivity contribution < 1.29 is 23.1 Å². The number of fused-ring (bicyclic) bond motifs is 1. The average Bonchev–Trinajstić information content (AvgIpc) is 3.45. The predicted octanol–water partition coefficient (Wildman–Crippen LogP) is 5.20. The summed E-state index contributed by atoms with van der Waals surface area (Å²) in [4.78, 5) is 33.0. The van der Waals surface area contributed by atoms with Gasteiger partial charge < -0.3 is 14.9 Å². The molecule has 2 aromatic carbocycles. The first-order chi connectivity index (χ1) is 18.7. The number of anilines is 1. The Morgan fingerprint density at radius 3 is 2.38 bits per heavy atom. The zero-order valence-corrected chi connectivity index (χ0v) is 22.8. The molecule has 2 atom stereocenters. The standard InChI is InChI=1S/C29H34N4O5S/c1-20-25(16-11-21-6-2-3-7-21)33(29(35)36)19-18-32(20)28(34)23-12-14-24(15-13-23)31-39(37,38)26-10-4-8-22-9-5-17-30-27(22)26/h4-5,8-10,12-15,17,20-21,25,31H,2-3,6-7,11,16,18-19H2,1H3,(H,35,36)/t20?,25-/m1/s1. The molecule has 1 saturated heterocycles. The SMILES string of the molecule is CC1[C@@H](CCC2CCCC2)N(C(=O)O)CCN1C(=O)c1ccc(NS(=O)(=O)c2cccc3cccnc23)cc1. The summed E-state index contributed by atoms with van der Waals surface area (Å²) in [5.74, 6) is 0.450. The summed E-state index contributed by atoms with van der Waals surface area (Å²) in [5.41, 5.74) is 1.14. The minimum atomic E-state index is -3.91. The molecule has 10 heteroatoms. The van der Waals surface area contributed by atoms with Crippen molar-refractivity contribution in [3.63, 3.8) is 0 Å². The van der Waals surface area contributed by atoms with Gasteiger partial charge in [-0.25, -0.2) is 13.2 Å². The van der Waals surface area contributed by atoms with E-state index in [1.807, 2.05) is 6.92 Å². The molecule has 1 aliphatic heterocycles. The molecule has 0 radical (unpaired) electrons. The third kappa shape index (κ3) is 5.71. The largest absolute Gasteiger partial charge is 0.465 e. The minimum absolute atomic E-state index is 0.0783. The van der Waals surface area contributed by atoms with Crippen LogP contribution in [0.1, 0.15) is 55.8 Å². The fraction of sp³-hybridized carbons (Fsp3) is 0.414. The molecule has 2 amide bonds. The zero-order valence-electron chi connectivity index (χ0n) is 22.0. The van der Waals surface area contributed by atoms with Crippen molar-refractivity contribution in [2.75, 3.05) is 17.8 Å². The molecule has 9 nitrogen and oxygen atoms in total. The average molecular weight is 551 g/mol. The number of hydrogen-bond acceptors (Lipinski definition) is 5. The molecule has 3 aromatic rings. The van der Waals surface area contributed by atoms with Crippen LogP contribution in [-0.2, 0) is 10.0 Å². The first-order valence-electron chi connectivity index (χ1n) is 13.5. The van der Waals surface area contributed by atoms with Crippen LogP contribution in [0, 0.1) is 5.92 Å². The highest BCUT2D eigenvalue weighted by Crippen LogP contribution is 2.32. The highest BCUT2D eigenvalue weighted by Gasteiger charge is 2.39. The van der Waals surface area contributed by atoms with Gasteiger partial charge in [-0.2, -0.15) is 0 Å². The quantitative estimate of drug-likeness (QED) is 0.417. The highest BCUT2D eigenvalue weighted by molar-refractivity contribution is 7.93. The highest BCUT2D eigenvalue weighted by atomic mass is 32.2. The number of carboxylic acid groups (broad SMARTS) is 1. The van der Waals surface area contributed by atoms with Crippen molar-refractivity contribution >= 4 is 38.6 Å². The summed E-state index contributed by atoms with van der Waals surface area (Å²) >= 11 is 0. The Kier molecular flexibility index (Phi) is 7.74. The smallest absolute Gasteiger partial charge is 0.407 e. The molecular formula is C29H34N4O5S. The van der Waals surface area contributed by atoms with Crippen LogP contribution in [0.15, 0.2) is 65.7 Å². The number of carbonyl (C=O) groups is 2. The van der Waals surface area contributed by atoms with Crippen molar-refractivity contribution in [2.45, 2.75) is 62.4 Å². The van der Waals surface area contributed by atoms with Crippen LogP contribution >= 0.6 is 0 Å². The van der Waals surface area contributed by atoms with Crippen LogP contribution < -0.4 is 4.72 Å². The van der Waals surface area contributed by atoms with Crippen molar-refractivity contribution in [1.29, 1.82) is 0 Å². The van der Waals surface area contributed by atoms with E-state index in [4.69, 9.17) is 0 Å². The Bertz CT molecular complexity index is 1450. The van der Waals surface area contributed by atoms with Crippen molar-refractivity contribution in [3.05, 3.63) is 66.4 Å². The molecule has 5 rings (SSSR count). The van der Waals surface area contributed by atoms with E-state index in [1.165, 1.54) is 36.6 Å². The molecule has 39 heavy (non-hydrogen) atoms. The summed E-state index contributed by atoms with van der Waals surface area (Å²) in [6.45, 7) is 2.51. The van der Waals surface area contributed by atoms with E-state index in [0.717, 1.165) is 18.2 Å². The van der Waals surface area contributed by atoms with Crippen LogP contribution in [0.3, 0.4) is 0 Å². The number of carbonyl (C=O) groups excluding carboxylic acids is 1. The van der Waals surface area contributed by atoms with Gasteiger partial charge in [0.2, 0.25) is 0 Å². The van der Waals surface area contributed by atoms with Crippen LogP contribution in [-0.4, -0.2) is 65.5 Å². The number of pyridine rings is 1. The molecule has 1 saturated carbocycles. The number of hydrogen-bond donors (Lipinski definition) is 2. The molecule has 0 bridgehead atoms. The van der Waals surface area contributed by atoms with E-state index in [9.17, 15) is 23.1 Å². The molecule has 1 aliphatic carbocycles. The number of para-hydroxylation sites is 1. The fourth-order valence-electron chi connectivity index (χ4n) is 6.03. The van der Waals surface area contributed by atoms with E-state index >= 15 is 0 Å². The van der Waals surface area contributed by atoms with E-state index in [-0.39, 0.29) is 29.4 Å². The molecule has 206 valence electrons. The number of piperazine rings is 1. The maximum Gasteiger partial charge on any atom is 0.407 e. The third-order valence-corrected chi connectivity index (χ3v) is 9.56. The topological polar surface area (TPSA) is 120 Å². The van der Waals surface area contributed by atoms with Crippen molar-refractivity contribution in [1.82, 2.24) is 14.8 Å². The first-order valence-corrected chi connectivity index (χ1v) is 15.0. The summed E-state index contributed by atoms with van der Waals surface area (Å²) in [6.07, 6.45) is 7.20. The lowest BCUT2D eigenvalue weighted by molar-refractivity contribution is 0.0214. The Hall–Kier alpha value is -3.66. The van der Waals surface area contributed by atoms with Gasteiger partial charge in [0.05, 0.1) is 11.6 Å². The van der Waals surface area contributed by atoms with Gasteiger partial charge in [-0.1, -0.05) is 43.9 Å². The summed E-state index contributed by atoms with van der Waals surface area (Å²) in [7, 11) is -3.91. The number of amides is 2. The molecule has 2 aliphatic rings. The maximum atomic E-state index is 13.5. The Balaban J connectivity index is 1.29. The summed E-state index contributed by atoms with van der Waals surface area (Å²) in [5, 5.41) is 10.5.